The predicted molar refractivity (Wildman–Crippen MR) is 95.4 cm³/mol. The number of hydrogen-bond acceptors (Lipinski definition) is 3. The zero-order chi connectivity index (χ0) is 17.2. The third kappa shape index (κ3) is 2.89. The minimum atomic E-state index is -0.126. The summed E-state index contributed by atoms with van der Waals surface area (Å²) in [5.74, 6) is 0.696. The summed E-state index contributed by atoms with van der Waals surface area (Å²) >= 11 is 0. The predicted octanol–water partition coefficient (Wildman–Crippen LogP) is 2.69. The van der Waals surface area contributed by atoms with Crippen LogP contribution in [-0.2, 0) is 13.6 Å². The van der Waals surface area contributed by atoms with Crippen LogP contribution < -0.4 is 5.32 Å². The van der Waals surface area contributed by atoms with Gasteiger partial charge in [0.15, 0.2) is 0 Å². The van der Waals surface area contributed by atoms with Crippen LogP contribution in [0.15, 0.2) is 67.0 Å². The molecule has 4 rings (SSSR count). The van der Waals surface area contributed by atoms with Crippen molar-refractivity contribution in [2.45, 2.75) is 6.54 Å². The summed E-state index contributed by atoms with van der Waals surface area (Å²) in [5, 5.41) is 7.10. The van der Waals surface area contributed by atoms with E-state index in [2.05, 4.69) is 15.4 Å². The maximum Gasteiger partial charge on any atom is 0.251 e. The van der Waals surface area contributed by atoms with Crippen LogP contribution in [0.3, 0.4) is 0 Å². The van der Waals surface area contributed by atoms with E-state index in [-0.39, 0.29) is 5.91 Å². The van der Waals surface area contributed by atoms with Gasteiger partial charge >= 0.3 is 0 Å². The first kappa shape index (κ1) is 15.1. The number of rotatable bonds is 4. The second-order valence-electron chi connectivity index (χ2n) is 5.76. The molecule has 1 amide bonds. The highest BCUT2D eigenvalue weighted by Gasteiger charge is 2.10. The van der Waals surface area contributed by atoms with Gasteiger partial charge in [-0.3, -0.25) is 4.79 Å². The molecule has 0 fully saturated rings. The van der Waals surface area contributed by atoms with Crippen molar-refractivity contribution < 1.29 is 4.79 Å². The largest absolute Gasteiger partial charge is 0.345 e. The van der Waals surface area contributed by atoms with Gasteiger partial charge < -0.3 is 9.88 Å². The number of para-hydroxylation sites is 2. The van der Waals surface area contributed by atoms with E-state index in [1.807, 2.05) is 60.3 Å². The summed E-state index contributed by atoms with van der Waals surface area (Å²) in [7, 11) is 1.95. The first-order valence-electron chi connectivity index (χ1n) is 8.01. The number of imidazole rings is 1. The molecule has 2 aromatic heterocycles. The van der Waals surface area contributed by atoms with E-state index in [4.69, 9.17) is 0 Å². The Kier molecular flexibility index (Phi) is 3.78. The molecule has 0 aliphatic carbocycles. The minimum Gasteiger partial charge on any atom is -0.345 e. The van der Waals surface area contributed by atoms with E-state index >= 15 is 0 Å². The monoisotopic (exact) mass is 331 g/mol. The van der Waals surface area contributed by atoms with Crippen LogP contribution >= 0.6 is 0 Å². The van der Waals surface area contributed by atoms with Gasteiger partial charge in [-0.25, -0.2) is 9.67 Å². The van der Waals surface area contributed by atoms with Gasteiger partial charge in [0, 0.05) is 25.0 Å². The number of carbonyl (C=O) groups excluding carboxylic acids is 1. The highest BCUT2D eigenvalue weighted by atomic mass is 16.1. The zero-order valence-corrected chi connectivity index (χ0v) is 13.8. The molecule has 4 aromatic rings. The molecule has 6 nitrogen and oxygen atoms in total. The van der Waals surface area contributed by atoms with Crippen LogP contribution in [0.1, 0.15) is 16.2 Å². The van der Waals surface area contributed by atoms with Crippen molar-refractivity contribution in [3.63, 3.8) is 0 Å². The number of aromatic nitrogens is 4. The molecular weight excluding hydrogens is 314 g/mol. The maximum absolute atomic E-state index is 12.4. The summed E-state index contributed by atoms with van der Waals surface area (Å²) < 4.78 is 3.75. The fourth-order valence-corrected chi connectivity index (χ4v) is 2.80. The second kappa shape index (κ2) is 6.24. The molecule has 0 unspecified atom stereocenters. The summed E-state index contributed by atoms with van der Waals surface area (Å²) in [4.78, 5) is 16.9. The van der Waals surface area contributed by atoms with E-state index in [0.29, 0.717) is 12.1 Å². The van der Waals surface area contributed by atoms with Gasteiger partial charge in [0.05, 0.1) is 23.3 Å². The summed E-state index contributed by atoms with van der Waals surface area (Å²) in [6.07, 6.45) is 3.58. The second-order valence-corrected chi connectivity index (χ2v) is 5.76. The minimum absolute atomic E-state index is 0.126. The van der Waals surface area contributed by atoms with Crippen molar-refractivity contribution in [3.05, 3.63) is 78.4 Å². The topological polar surface area (TPSA) is 64.7 Å². The molecule has 2 heterocycles. The molecule has 0 radical (unpaired) electrons. The Balaban J connectivity index is 1.47. The third-order valence-electron chi connectivity index (χ3n) is 4.19. The van der Waals surface area contributed by atoms with Gasteiger partial charge in [0.25, 0.3) is 5.91 Å². The normalized spacial score (nSPS) is 10.9. The summed E-state index contributed by atoms with van der Waals surface area (Å²) in [6.45, 7) is 0.380. The van der Waals surface area contributed by atoms with Crippen molar-refractivity contribution in [1.29, 1.82) is 0 Å². The molecule has 0 aliphatic rings. The molecule has 0 saturated carbocycles. The number of hydrogen-bond donors (Lipinski definition) is 1. The van der Waals surface area contributed by atoms with Crippen molar-refractivity contribution >= 4 is 16.9 Å². The number of carbonyl (C=O) groups is 1. The number of benzene rings is 2. The third-order valence-corrected chi connectivity index (χ3v) is 4.19. The lowest BCUT2D eigenvalue weighted by atomic mass is 10.2. The van der Waals surface area contributed by atoms with Gasteiger partial charge in [0.2, 0.25) is 0 Å². The fraction of sp³-hybridized carbons (Fsp3) is 0.105. The van der Waals surface area contributed by atoms with Crippen LogP contribution in [0.4, 0.5) is 0 Å². The molecule has 0 spiro atoms. The number of aryl methyl sites for hydroxylation is 1. The van der Waals surface area contributed by atoms with Gasteiger partial charge in [-0.2, -0.15) is 5.10 Å². The average Bonchev–Trinajstić information content (AvgIpc) is 3.29. The Labute approximate surface area is 144 Å². The van der Waals surface area contributed by atoms with E-state index < -0.39 is 0 Å². The number of fused-ring (bicyclic) bond motifs is 1. The van der Waals surface area contributed by atoms with E-state index in [1.165, 1.54) is 0 Å². The fourth-order valence-electron chi connectivity index (χ4n) is 2.80. The highest BCUT2D eigenvalue weighted by Crippen LogP contribution is 2.14. The van der Waals surface area contributed by atoms with Crippen LogP contribution in [0.25, 0.3) is 16.7 Å². The molecule has 2 aromatic carbocycles. The first-order valence-corrected chi connectivity index (χ1v) is 8.01. The van der Waals surface area contributed by atoms with Gasteiger partial charge in [0.1, 0.15) is 5.82 Å². The number of nitrogens with one attached hydrogen (secondary N) is 1. The number of amides is 1. The van der Waals surface area contributed by atoms with Crippen molar-refractivity contribution in [2.24, 2.45) is 7.05 Å². The van der Waals surface area contributed by atoms with Crippen molar-refractivity contribution in [2.75, 3.05) is 0 Å². The number of nitrogens with zero attached hydrogens (tertiary/aromatic N) is 4. The average molecular weight is 331 g/mol. The SMILES string of the molecule is Cn1c(CNC(=O)c2ccc(-n3cccn3)cc2)nc2ccccc21. The van der Waals surface area contributed by atoms with Crippen molar-refractivity contribution in [1.82, 2.24) is 24.6 Å². The van der Waals surface area contributed by atoms with Gasteiger partial charge in [-0.1, -0.05) is 12.1 Å². The molecule has 6 heteroatoms. The highest BCUT2D eigenvalue weighted by molar-refractivity contribution is 5.94. The Bertz CT molecular complexity index is 1020. The van der Waals surface area contributed by atoms with E-state index in [1.54, 1.807) is 23.0 Å². The Hall–Kier alpha value is -3.41. The van der Waals surface area contributed by atoms with Gasteiger partial charge in [-0.05, 0) is 42.5 Å². The lowest BCUT2D eigenvalue weighted by Crippen LogP contribution is -2.24. The van der Waals surface area contributed by atoms with E-state index in [9.17, 15) is 4.79 Å². The Morgan fingerprint density at radius 2 is 1.88 bits per heavy atom. The Morgan fingerprint density at radius 1 is 1.08 bits per heavy atom. The molecule has 0 atom stereocenters. The molecule has 0 bridgehead atoms. The lowest BCUT2D eigenvalue weighted by Gasteiger charge is -2.07. The molecule has 124 valence electrons. The smallest absolute Gasteiger partial charge is 0.251 e. The maximum atomic E-state index is 12.4. The Morgan fingerprint density at radius 3 is 2.60 bits per heavy atom. The summed E-state index contributed by atoms with van der Waals surface area (Å²) in [6, 6.07) is 17.1. The van der Waals surface area contributed by atoms with Crippen LogP contribution in [0.2, 0.25) is 0 Å². The van der Waals surface area contributed by atoms with Crippen LogP contribution in [0.5, 0.6) is 0 Å². The van der Waals surface area contributed by atoms with E-state index in [0.717, 1.165) is 22.5 Å². The van der Waals surface area contributed by atoms with Crippen molar-refractivity contribution in [3.8, 4) is 5.69 Å². The standard InChI is InChI=1S/C19H17N5O/c1-23-17-6-3-2-5-16(17)22-18(23)13-20-19(25)14-7-9-15(10-8-14)24-12-4-11-21-24/h2-12H,13H2,1H3,(H,20,25). The molecule has 25 heavy (non-hydrogen) atoms. The molecular formula is C19H17N5O. The van der Waals surface area contributed by atoms with Crippen LogP contribution in [-0.4, -0.2) is 25.2 Å². The lowest BCUT2D eigenvalue weighted by molar-refractivity contribution is 0.0949. The molecule has 0 saturated heterocycles. The van der Waals surface area contributed by atoms with Gasteiger partial charge in [-0.15, -0.1) is 0 Å². The quantitative estimate of drug-likeness (QED) is 0.625. The van der Waals surface area contributed by atoms with Crippen LogP contribution in [0, 0.1) is 0 Å². The summed E-state index contributed by atoms with van der Waals surface area (Å²) in [5.41, 5.74) is 3.50. The first-order chi connectivity index (χ1) is 12.2. The zero-order valence-electron chi connectivity index (χ0n) is 13.8. The molecule has 0 aliphatic heterocycles. The molecule has 1 N–H and O–H groups in total.